The molecule has 0 bridgehead atoms. The maximum atomic E-state index is 12.6. The van der Waals surface area contributed by atoms with E-state index in [0.29, 0.717) is 67.4 Å². The molecule has 14 nitrogen and oxygen atoms in total. The highest BCUT2D eigenvalue weighted by atomic mass is 32.1. The third-order valence-corrected chi connectivity index (χ3v) is 9.83. The Morgan fingerprint density at radius 2 is 1.67 bits per heavy atom. The number of nitrogen functional groups attached to an aromatic ring is 1. The fraction of sp³-hybridized carbons (Fsp3) is 0.238. The zero-order valence-electron chi connectivity index (χ0n) is 31.1. The first-order chi connectivity index (χ1) is 27.6. The SMILES string of the molecule is CC1=CC2OC3=CC(=O)C=CC3=C(c3ccc(NC(=S)NCCCC(=O)CCCNC(=O)c4ccc(NCc5cnc6nc(N)[nH]c(=O)c6n5)cc4)cc3)C2C=C1. The monoisotopic (exact) mass is 783 g/mol. The number of aromatic amines is 1. The van der Waals surface area contributed by atoms with Crippen molar-refractivity contribution in [2.75, 3.05) is 29.5 Å². The van der Waals surface area contributed by atoms with Gasteiger partial charge in [0.15, 0.2) is 22.1 Å². The first-order valence-electron chi connectivity index (χ1n) is 18.6. The number of carbonyl (C=O) groups is 3. The molecule has 0 fully saturated rings. The number of amides is 1. The number of hydrogen-bond donors (Lipinski definition) is 6. The molecule has 7 N–H and O–H groups in total. The van der Waals surface area contributed by atoms with E-state index in [1.54, 1.807) is 36.4 Å². The molecule has 2 aromatic carbocycles. The molecular formula is C42H41N9O5S. The molecular weight excluding hydrogens is 743 g/mol. The highest BCUT2D eigenvalue weighted by Crippen LogP contribution is 2.44. The first-order valence-corrected chi connectivity index (χ1v) is 19.0. The van der Waals surface area contributed by atoms with Crippen LogP contribution < -0.4 is 32.6 Å². The van der Waals surface area contributed by atoms with Gasteiger partial charge in [0.25, 0.3) is 11.5 Å². The number of rotatable bonds is 14. The number of carbonyl (C=O) groups excluding carboxylic acids is 3. The Hall–Kier alpha value is -6.74. The summed E-state index contributed by atoms with van der Waals surface area (Å²) in [6.07, 6.45) is 14.6. The molecule has 3 aliphatic rings. The minimum atomic E-state index is -0.460. The van der Waals surface area contributed by atoms with Crippen LogP contribution in [0, 0.1) is 5.92 Å². The molecule has 2 unspecified atom stereocenters. The molecule has 2 aliphatic carbocycles. The Balaban J connectivity index is 0.786. The van der Waals surface area contributed by atoms with Gasteiger partial charge in [-0.05, 0) is 97.7 Å². The van der Waals surface area contributed by atoms with Crippen LogP contribution in [0.15, 0.2) is 113 Å². The zero-order chi connectivity index (χ0) is 39.9. The third kappa shape index (κ3) is 9.56. The van der Waals surface area contributed by atoms with Crippen LogP contribution in [0.3, 0.4) is 0 Å². The lowest BCUT2D eigenvalue weighted by Gasteiger charge is -2.36. The van der Waals surface area contributed by atoms with Crippen LogP contribution in [0.1, 0.15) is 54.2 Å². The fourth-order valence-electron chi connectivity index (χ4n) is 6.75. The molecule has 0 saturated carbocycles. The molecule has 1 aliphatic heterocycles. The molecule has 15 heteroatoms. The van der Waals surface area contributed by atoms with Crippen LogP contribution in [0.25, 0.3) is 16.7 Å². The lowest BCUT2D eigenvalue weighted by Crippen LogP contribution is -2.30. The van der Waals surface area contributed by atoms with Crippen molar-refractivity contribution in [3.05, 3.63) is 135 Å². The van der Waals surface area contributed by atoms with Crippen molar-refractivity contribution in [2.45, 2.75) is 45.3 Å². The highest BCUT2D eigenvalue weighted by molar-refractivity contribution is 7.80. The van der Waals surface area contributed by atoms with E-state index in [1.807, 2.05) is 37.3 Å². The van der Waals surface area contributed by atoms with Crippen molar-refractivity contribution in [3.8, 4) is 0 Å². The number of fused-ring (bicyclic) bond motifs is 3. The number of benzene rings is 2. The number of Topliss-reactive ketones (excluding diaryl/α,β-unsaturated/α-hetero) is 1. The van der Waals surface area contributed by atoms with Gasteiger partial charge in [-0.2, -0.15) is 4.98 Å². The smallest absolute Gasteiger partial charge is 0.280 e. The van der Waals surface area contributed by atoms with Crippen molar-refractivity contribution >= 4 is 68.9 Å². The van der Waals surface area contributed by atoms with E-state index in [2.05, 4.69) is 59.4 Å². The first kappa shape index (κ1) is 38.5. The second-order valence-corrected chi connectivity index (χ2v) is 14.2. The maximum Gasteiger partial charge on any atom is 0.280 e. The van der Waals surface area contributed by atoms with Gasteiger partial charge in [-0.1, -0.05) is 29.9 Å². The van der Waals surface area contributed by atoms with Gasteiger partial charge < -0.3 is 31.7 Å². The van der Waals surface area contributed by atoms with Crippen molar-refractivity contribution in [3.63, 3.8) is 0 Å². The van der Waals surface area contributed by atoms with Crippen LogP contribution in [-0.4, -0.2) is 61.7 Å². The van der Waals surface area contributed by atoms with Gasteiger partial charge in [0, 0.05) is 60.4 Å². The van der Waals surface area contributed by atoms with Gasteiger partial charge in [0.05, 0.1) is 18.4 Å². The molecule has 290 valence electrons. The van der Waals surface area contributed by atoms with Crippen molar-refractivity contribution in [1.29, 1.82) is 0 Å². The molecule has 57 heavy (non-hydrogen) atoms. The molecule has 1 amide bonds. The Morgan fingerprint density at radius 1 is 0.930 bits per heavy atom. The largest absolute Gasteiger partial charge is 0.485 e. The average molecular weight is 784 g/mol. The zero-order valence-corrected chi connectivity index (χ0v) is 31.9. The molecule has 7 rings (SSSR count). The van der Waals surface area contributed by atoms with Crippen LogP contribution in [0.5, 0.6) is 0 Å². The lowest BCUT2D eigenvalue weighted by molar-refractivity contribution is -0.119. The topological polar surface area (TPSA) is 206 Å². The Kier molecular flexibility index (Phi) is 11.7. The second kappa shape index (κ2) is 17.4. The van der Waals surface area contributed by atoms with E-state index in [4.69, 9.17) is 22.7 Å². The van der Waals surface area contributed by atoms with E-state index >= 15 is 0 Å². The predicted molar refractivity (Wildman–Crippen MR) is 223 cm³/mol. The van der Waals surface area contributed by atoms with Gasteiger partial charge in [0.1, 0.15) is 17.6 Å². The molecule has 0 saturated heterocycles. The predicted octanol–water partition coefficient (Wildman–Crippen LogP) is 5.06. The van der Waals surface area contributed by atoms with Crippen LogP contribution in [-0.2, 0) is 20.9 Å². The Bertz CT molecular complexity index is 2450. The van der Waals surface area contributed by atoms with Crippen LogP contribution in [0.2, 0.25) is 0 Å². The molecule has 0 spiro atoms. The second-order valence-electron chi connectivity index (χ2n) is 13.8. The van der Waals surface area contributed by atoms with Gasteiger partial charge in [-0.3, -0.25) is 24.2 Å². The summed E-state index contributed by atoms with van der Waals surface area (Å²) in [6.45, 7) is 3.26. The number of ketones is 2. The number of nitrogens with one attached hydrogen (secondary N) is 5. The minimum absolute atomic E-state index is 0.0230. The third-order valence-electron chi connectivity index (χ3n) is 9.58. The standard InChI is InChI=1S/C42H41N9O5S/c1-24-6-16-32-34(20-24)56-35-21-31(53)15-17-33(35)36(32)25-7-13-28(14-8-25)49-42(57)45-19-3-5-30(52)4-2-18-44-39(54)26-9-11-27(12-10-26)46-22-29-23-47-38-37(48-29)40(55)51-41(43)50-38/h6-17,20-21,23,32,34,46H,2-5,18-19,22H2,1H3,(H,44,54)(H2,45,49,57)(H3,43,47,50,51,55). The molecule has 4 aromatic rings. The van der Waals surface area contributed by atoms with Crippen molar-refractivity contribution in [1.82, 2.24) is 30.6 Å². The summed E-state index contributed by atoms with van der Waals surface area (Å²) in [7, 11) is 0. The van der Waals surface area contributed by atoms with Crippen LogP contribution in [0.4, 0.5) is 17.3 Å². The van der Waals surface area contributed by atoms with E-state index in [1.165, 1.54) is 6.20 Å². The van der Waals surface area contributed by atoms with Gasteiger partial charge in [-0.25, -0.2) is 9.97 Å². The van der Waals surface area contributed by atoms with E-state index in [-0.39, 0.29) is 46.6 Å². The number of allylic oxidation sites excluding steroid dienone is 5. The number of nitrogens with two attached hydrogens (primary N) is 1. The van der Waals surface area contributed by atoms with Gasteiger partial charge in [-0.15, -0.1) is 0 Å². The van der Waals surface area contributed by atoms with E-state index < -0.39 is 5.56 Å². The van der Waals surface area contributed by atoms with Crippen molar-refractivity contribution in [2.24, 2.45) is 5.92 Å². The Labute approximate surface area is 333 Å². The summed E-state index contributed by atoms with van der Waals surface area (Å²) in [6, 6.07) is 15.0. The van der Waals surface area contributed by atoms with Crippen LogP contribution >= 0.6 is 12.2 Å². The fourth-order valence-corrected chi connectivity index (χ4v) is 6.97. The molecule has 0 radical (unpaired) electrons. The average Bonchev–Trinajstić information content (AvgIpc) is 3.20. The number of hydrogen-bond acceptors (Lipinski definition) is 11. The normalized spacial score (nSPS) is 16.8. The summed E-state index contributed by atoms with van der Waals surface area (Å²) in [5.74, 6) is 0.411. The summed E-state index contributed by atoms with van der Waals surface area (Å²) in [5, 5.41) is 12.9. The minimum Gasteiger partial charge on any atom is -0.485 e. The van der Waals surface area contributed by atoms with E-state index in [0.717, 1.165) is 33.7 Å². The number of ether oxygens (including phenoxy) is 1. The maximum absolute atomic E-state index is 12.6. The van der Waals surface area contributed by atoms with Gasteiger partial charge >= 0.3 is 0 Å². The number of H-pyrrole nitrogens is 1. The quantitative estimate of drug-likeness (QED) is 0.0732. The molecule has 3 heterocycles. The molecule has 2 atom stereocenters. The molecule has 2 aromatic heterocycles. The number of nitrogens with zero attached hydrogens (tertiary/aromatic N) is 3. The highest BCUT2D eigenvalue weighted by Gasteiger charge is 2.35. The summed E-state index contributed by atoms with van der Waals surface area (Å²) >= 11 is 5.50. The summed E-state index contributed by atoms with van der Waals surface area (Å²) in [4.78, 5) is 64.2. The summed E-state index contributed by atoms with van der Waals surface area (Å²) < 4.78 is 6.22. The lowest BCUT2D eigenvalue weighted by atomic mass is 9.78. The van der Waals surface area contributed by atoms with Gasteiger partial charge in [0.2, 0.25) is 5.95 Å². The van der Waals surface area contributed by atoms with E-state index in [9.17, 15) is 19.2 Å². The Morgan fingerprint density at radius 3 is 2.44 bits per heavy atom. The summed E-state index contributed by atoms with van der Waals surface area (Å²) in [5.41, 5.74) is 12.2. The number of anilines is 3. The number of thiocarbonyl (C=S) groups is 1. The number of aromatic nitrogens is 4. The van der Waals surface area contributed by atoms with Crippen molar-refractivity contribution < 1.29 is 19.1 Å².